The molecule has 0 amide bonds. The molecule has 1 spiro atoms. The van der Waals surface area contributed by atoms with Gasteiger partial charge in [0.25, 0.3) is 0 Å². The van der Waals surface area contributed by atoms with Gasteiger partial charge in [0.2, 0.25) is 5.79 Å². The molecule has 0 unspecified atom stereocenters. The van der Waals surface area contributed by atoms with Gasteiger partial charge in [-0.15, -0.1) is 5.10 Å². The number of ether oxygens (including phenoxy) is 2. The van der Waals surface area contributed by atoms with Gasteiger partial charge in [0.05, 0.1) is 6.20 Å². The summed E-state index contributed by atoms with van der Waals surface area (Å²) >= 11 is 0. The van der Waals surface area contributed by atoms with Gasteiger partial charge in [-0.05, 0) is 62.3 Å². The molecule has 1 aromatic heterocycles. The van der Waals surface area contributed by atoms with Crippen LogP contribution in [-0.4, -0.2) is 32.7 Å². The first kappa shape index (κ1) is 19.8. The van der Waals surface area contributed by atoms with E-state index in [4.69, 9.17) is 19.2 Å². The zero-order chi connectivity index (χ0) is 21.4. The number of benzene rings is 1. The third-order valence-corrected chi connectivity index (χ3v) is 8.03. The van der Waals surface area contributed by atoms with Crippen molar-refractivity contribution in [3.05, 3.63) is 36.3 Å². The topological polar surface area (TPSA) is 67.6 Å². The Kier molecular flexibility index (Phi) is 4.35. The summed E-state index contributed by atoms with van der Waals surface area (Å²) in [5.74, 6) is 0.125. The summed E-state index contributed by atoms with van der Waals surface area (Å²) in [6.07, 6.45) is 4.98. The van der Waals surface area contributed by atoms with Gasteiger partial charge in [0, 0.05) is 23.8 Å². The van der Waals surface area contributed by atoms with Crippen molar-refractivity contribution in [1.82, 2.24) is 15.0 Å². The summed E-state index contributed by atoms with van der Waals surface area (Å²) in [4.78, 5) is 12.1. The van der Waals surface area contributed by atoms with Gasteiger partial charge >= 0.3 is 0 Å². The summed E-state index contributed by atoms with van der Waals surface area (Å²) in [5, 5.41) is 8.68. The number of halogens is 1. The van der Waals surface area contributed by atoms with Crippen molar-refractivity contribution in [2.45, 2.75) is 70.4 Å². The van der Waals surface area contributed by atoms with Crippen LogP contribution in [0.15, 0.2) is 30.5 Å². The van der Waals surface area contributed by atoms with Crippen LogP contribution in [0.2, 0.25) is 0 Å². The van der Waals surface area contributed by atoms with Gasteiger partial charge in [-0.25, -0.2) is 18.8 Å². The second-order valence-corrected chi connectivity index (χ2v) is 9.89. The van der Waals surface area contributed by atoms with Crippen LogP contribution in [-0.2, 0) is 19.2 Å². The lowest BCUT2D eigenvalue weighted by molar-refractivity contribution is -0.574. The summed E-state index contributed by atoms with van der Waals surface area (Å²) in [7, 11) is 0. The van der Waals surface area contributed by atoms with Gasteiger partial charge in [-0.3, -0.25) is 0 Å². The molecule has 8 atom stereocenters. The first-order valence-corrected chi connectivity index (χ1v) is 11.3. The monoisotopic (exact) mass is 429 g/mol. The Morgan fingerprint density at radius 1 is 1.06 bits per heavy atom. The van der Waals surface area contributed by atoms with Gasteiger partial charge in [0.15, 0.2) is 18.1 Å². The number of rotatable bonds is 2. The molecule has 31 heavy (non-hydrogen) atoms. The zero-order valence-electron chi connectivity index (χ0n) is 18.0. The molecule has 1 saturated carbocycles. The van der Waals surface area contributed by atoms with Gasteiger partial charge in [-0.2, -0.15) is 0 Å². The predicted molar refractivity (Wildman–Crippen MR) is 107 cm³/mol. The molecular formula is C23H28FN3O4. The van der Waals surface area contributed by atoms with Gasteiger partial charge < -0.3 is 9.47 Å². The van der Waals surface area contributed by atoms with Crippen molar-refractivity contribution in [3.63, 3.8) is 0 Å². The van der Waals surface area contributed by atoms with E-state index in [-0.39, 0.29) is 23.9 Å². The minimum Gasteiger partial charge on any atom is -0.324 e. The van der Waals surface area contributed by atoms with Crippen molar-refractivity contribution >= 4 is 0 Å². The molecule has 166 valence electrons. The molecule has 4 saturated heterocycles. The molecule has 2 aromatic rings. The largest absolute Gasteiger partial charge is 0.324 e. The van der Waals surface area contributed by atoms with Crippen molar-refractivity contribution < 1.29 is 23.6 Å². The van der Waals surface area contributed by atoms with E-state index in [1.54, 1.807) is 16.8 Å². The number of hydrogen-bond donors (Lipinski definition) is 0. The van der Waals surface area contributed by atoms with Crippen LogP contribution in [0.5, 0.6) is 0 Å². The third kappa shape index (κ3) is 2.85. The zero-order valence-corrected chi connectivity index (χ0v) is 18.0. The average molecular weight is 429 g/mol. The first-order chi connectivity index (χ1) is 14.9. The molecule has 5 fully saturated rings. The third-order valence-electron chi connectivity index (χ3n) is 8.03. The molecule has 5 aliphatic rings. The van der Waals surface area contributed by atoms with E-state index in [0.717, 1.165) is 31.2 Å². The molecule has 5 heterocycles. The highest BCUT2D eigenvalue weighted by Crippen LogP contribution is 2.61. The van der Waals surface area contributed by atoms with E-state index in [2.05, 4.69) is 24.2 Å². The SMILES string of the molecule is C[C@H]1[C@H](n2cc(-c3ccc(F)cc3)nn2)O[C@@H]2O[C@]3(C)CC[C@H]4[C@H](C)CC[C@@H]1[C@@]24OO3. The second-order valence-electron chi connectivity index (χ2n) is 9.89. The van der Waals surface area contributed by atoms with Crippen LogP contribution < -0.4 is 0 Å². The fraction of sp³-hybridized carbons (Fsp3) is 0.652. The lowest BCUT2D eigenvalue weighted by Crippen LogP contribution is -2.69. The number of aromatic nitrogens is 3. The molecule has 8 heteroatoms. The Labute approximate surface area is 180 Å². The minimum absolute atomic E-state index is 0.128. The van der Waals surface area contributed by atoms with Crippen molar-refractivity contribution in [3.8, 4) is 11.3 Å². The van der Waals surface area contributed by atoms with Crippen LogP contribution in [0, 0.1) is 29.5 Å². The number of hydrogen-bond acceptors (Lipinski definition) is 6. The Hall–Kier alpha value is -1.87. The standard InChI is InChI=1S/C23H28FN3O4/c1-13-4-9-18-14(2)20(27-12-19(25-26-27)15-5-7-16(24)8-6-15)28-21-23(18)17(13)10-11-22(3,29-21)30-31-23/h5-8,12-14,17-18,20-21H,4,9-11H2,1-3H3/t13-,14-,17+,18+,20-,21-,22+,23-/m1/s1. The van der Waals surface area contributed by atoms with Crippen LogP contribution in [0.3, 0.4) is 0 Å². The van der Waals surface area contributed by atoms with Crippen molar-refractivity contribution in [2.24, 2.45) is 23.7 Å². The molecule has 1 aromatic carbocycles. The molecule has 0 N–H and O–H groups in total. The molecular weight excluding hydrogens is 401 g/mol. The van der Waals surface area contributed by atoms with Gasteiger partial charge in [-0.1, -0.05) is 19.1 Å². The van der Waals surface area contributed by atoms with Crippen LogP contribution in [0.4, 0.5) is 4.39 Å². The van der Waals surface area contributed by atoms with E-state index >= 15 is 0 Å². The second kappa shape index (κ2) is 6.81. The Morgan fingerprint density at radius 3 is 2.68 bits per heavy atom. The normalized spacial score (nSPS) is 44.0. The fourth-order valence-corrected chi connectivity index (χ4v) is 6.34. The van der Waals surface area contributed by atoms with E-state index in [0.29, 0.717) is 17.5 Å². The summed E-state index contributed by atoms with van der Waals surface area (Å²) in [6.45, 7) is 6.42. The van der Waals surface area contributed by atoms with Crippen LogP contribution in [0.25, 0.3) is 11.3 Å². The smallest absolute Gasteiger partial charge is 0.201 e. The maximum Gasteiger partial charge on any atom is 0.201 e. The van der Waals surface area contributed by atoms with E-state index < -0.39 is 17.7 Å². The highest BCUT2D eigenvalue weighted by Gasteiger charge is 2.69. The van der Waals surface area contributed by atoms with E-state index in [1.807, 2.05) is 13.1 Å². The lowest BCUT2D eigenvalue weighted by Gasteiger charge is -2.60. The number of fused-ring (bicyclic) bond motifs is 2. The van der Waals surface area contributed by atoms with Crippen LogP contribution >= 0.6 is 0 Å². The van der Waals surface area contributed by atoms with Crippen molar-refractivity contribution in [1.29, 1.82) is 0 Å². The molecule has 0 radical (unpaired) electrons. The molecule has 1 aliphatic carbocycles. The lowest BCUT2D eigenvalue weighted by atomic mass is 9.58. The Balaban J connectivity index is 1.36. The van der Waals surface area contributed by atoms with Crippen molar-refractivity contribution in [2.75, 3.05) is 0 Å². The molecule has 7 rings (SSSR count). The fourth-order valence-electron chi connectivity index (χ4n) is 6.34. The Morgan fingerprint density at radius 2 is 1.87 bits per heavy atom. The van der Waals surface area contributed by atoms with Crippen LogP contribution in [0.1, 0.15) is 52.7 Å². The predicted octanol–water partition coefficient (Wildman–Crippen LogP) is 4.46. The van der Waals surface area contributed by atoms with E-state index in [1.165, 1.54) is 12.1 Å². The molecule has 7 nitrogen and oxygen atoms in total. The summed E-state index contributed by atoms with van der Waals surface area (Å²) < 4.78 is 28.1. The number of nitrogens with zero attached hydrogens (tertiary/aromatic N) is 3. The minimum atomic E-state index is -0.801. The highest BCUT2D eigenvalue weighted by molar-refractivity contribution is 5.57. The average Bonchev–Trinajstić information content (AvgIpc) is 3.13. The molecule has 4 aliphatic heterocycles. The summed E-state index contributed by atoms with van der Waals surface area (Å²) in [6, 6.07) is 6.26. The highest BCUT2D eigenvalue weighted by atomic mass is 19.1. The molecule has 2 bridgehead atoms. The van der Waals surface area contributed by atoms with Gasteiger partial charge in [0.1, 0.15) is 11.5 Å². The maximum absolute atomic E-state index is 13.3. The summed E-state index contributed by atoms with van der Waals surface area (Å²) in [5.41, 5.74) is 0.901. The maximum atomic E-state index is 13.3. The van der Waals surface area contributed by atoms with E-state index in [9.17, 15) is 4.39 Å². The first-order valence-electron chi connectivity index (χ1n) is 11.3. The Bertz CT molecular complexity index is 983. The quantitative estimate of drug-likeness (QED) is 0.657.